The van der Waals surface area contributed by atoms with E-state index in [1.165, 1.54) is 7.11 Å². The van der Waals surface area contributed by atoms with Gasteiger partial charge in [0.2, 0.25) is 0 Å². The number of hydrogen-bond donors (Lipinski definition) is 1. The Morgan fingerprint density at radius 3 is 2.45 bits per heavy atom. The molecule has 1 heterocycles. The van der Waals surface area contributed by atoms with Crippen LogP contribution in [0.2, 0.25) is 0 Å². The second kappa shape index (κ2) is 9.93. The quantitative estimate of drug-likeness (QED) is 0.737. The number of benzene rings is 2. The Labute approximate surface area is 170 Å². The predicted octanol–water partition coefficient (Wildman–Crippen LogP) is 2.38. The van der Waals surface area contributed by atoms with Gasteiger partial charge in [0.1, 0.15) is 0 Å². The van der Waals surface area contributed by atoms with E-state index in [0.717, 1.165) is 18.4 Å². The lowest BCUT2D eigenvalue weighted by Crippen LogP contribution is -2.40. The Bertz CT molecular complexity index is 832. The topological polar surface area (TPSA) is 91.1 Å². The van der Waals surface area contributed by atoms with Gasteiger partial charge in [-0.2, -0.15) is 0 Å². The number of primary amides is 1. The monoisotopic (exact) mass is 398 g/mol. The van der Waals surface area contributed by atoms with Crippen molar-refractivity contribution in [2.45, 2.75) is 25.6 Å². The minimum atomic E-state index is -0.579. The van der Waals surface area contributed by atoms with Crippen molar-refractivity contribution in [2.24, 2.45) is 5.73 Å². The van der Waals surface area contributed by atoms with Crippen LogP contribution >= 0.6 is 0 Å². The summed E-state index contributed by atoms with van der Waals surface area (Å²) in [5, 5.41) is 0. The van der Waals surface area contributed by atoms with Crippen molar-refractivity contribution in [1.82, 2.24) is 4.90 Å². The van der Waals surface area contributed by atoms with Crippen LogP contribution in [0.3, 0.4) is 0 Å². The van der Waals surface area contributed by atoms with Crippen molar-refractivity contribution < 1.29 is 23.8 Å². The zero-order valence-electron chi connectivity index (χ0n) is 16.5. The molecule has 7 nitrogen and oxygen atoms in total. The lowest BCUT2D eigenvalue weighted by molar-refractivity contribution is -0.119. The standard InChI is InChI=1S/C22H26N2O5/c1-27-20-13-17(7-8-19(20)29-15-21(23)25)22(26)24-11-9-18(10-12-24)28-14-16-5-3-2-4-6-16/h2-8,13,18H,9-12,14-15H2,1H3,(H2,23,25). The molecule has 1 fully saturated rings. The van der Waals surface area contributed by atoms with Gasteiger partial charge in [-0.1, -0.05) is 30.3 Å². The molecule has 0 aliphatic carbocycles. The minimum absolute atomic E-state index is 0.0636. The first-order valence-electron chi connectivity index (χ1n) is 9.60. The lowest BCUT2D eigenvalue weighted by Gasteiger charge is -2.32. The van der Waals surface area contributed by atoms with Gasteiger partial charge in [0, 0.05) is 18.7 Å². The van der Waals surface area contributed by atoms with Gasteiger partial charge in [-0.25, -0.2) is 0 Å². The zero-order valence-corrected chi connectivity index (χ0v) is 16.5. The van der Waals surface area contributed by atoms with E-state index in [9.17, 15) is 9.59 Å². The molecule has 29 heavy (non-hydrogen) atoms. The Hall–Kier alpha value is -3.06. The maximum absolute atomic E-state index is 12.8. The molecule has 7 heteroatoms. The van der Waals surface area contributed by atoms with E-state index in [1.807, 2.05) is 35.2 Å². The molecule has 154 valence electrons. The molecule has 0 bridgehead atoms. The average molecular weight is 398 g/mol. The zero-order chi connectivity index (χ0) is 20.6. The summed E-state index contributed by atoms with van der Waals surface area (Å²) in [6, 6.07) is 15.0. The fourth-order valence-corrected chi connectivity index (χ4v) is 3.27. The van der Waals surface area contributed by atoms with Crippen LogP contribution in [-0.4, -0.2) is 49.6 Å². The number of nitrogens with zero attached hydrogens (tertiary/aromatic N) is 1. The third kappa shape index (κ3) is 5.71. The van der Waals surface area contributed by atoms with Crippen molar-refractivity contribution in [3.63, 3.8) is 0 Å². The third-order valence-corrected chi connectivity index (χ3v) is 4.84. The van der Waals surface area contributed by atoms with Gasteiger partial charge in [0.15, 0.2) is 18.1 Å². The first-order valence-corrected chi connectivity index (χ1v) is 9.60. The van der Waals surface area contributed by atoms with E-state index in [2.05, 4.69) is 0 Å². The summed E-state index contributed by atoms with van der Waals surface area (Å²) in [6.45, 7) is 1.62. The van der Waals surface area contributed by atoms with E-state index < -0.39 is 5.91 Å². The number of amides is 2. The number of likely N-dealkylation sites (tertiary alicyclic amines) is 1. The lowest BCUT2D eigenvalue weighted by atomic mass is 10.1. The molecule has 0 unspecified atom stereocenters. The van der Waals surface area contributed by atoms with Crippen molar-refractivity contribution in [3.05, 3.63) is 59.7 Å². The van der Waals surface area contributed by atoms with Crippen LogP contribution in [0, 0.1) is 0 Å². The van der Waals surface area contributed by atoms with E-state index >= 15 is 0 Å². The highest BCUT2D eigenvalue weighted by Gasteiger charge is 2.25. The van der Waals surface area contributed by atoms with Gasteiger partial charge in [-0.05, 0) is 36.6 Å². The Kier molecular flexibility index (Phi) is 7.08. The molecule has 0 radical (unpaired) electrons. The van der Waals surface area contributed by atoms with Gasteiger partial charge in [-0.15, -0.1) is 0 Å². The molecule has 2 N–H and O–H groups in total. The number of nitrogens with two attached hydrogens (primary N) is 1. The summed E-state index contributed by atoms with van der Waals surface area (Å²) in [5.74, 6) is 0.116. The molecule has 1 aliphatic heterocycles. The maximum Gasteiger partial charge on any atom is 0.255 e. The molecule has 1 aliphatic rings. The summed E-state index contributed by atoms with van der Waals surface area (Å²) < 4.78 is 16.6. The fraction of sp³-hybridized carbons (Fsp3) is 0.364. The SMILES string of the molecule is COc1cc(C(=O)N2CCC(OCc3ccccc3)CC2)ccc1OCC(N)=O. The number of hydrogen-bond acceptors (Lipinski definition) is 5. The number of rotatable bonds is 8. The number of piperidine rings is 1. The van der Waals surface area contributed by atoms with E-state index in [4.69, 9.17) is 19.9 Å². The van der Waals surface area contributed by atoms with Crippen molar-refractivity contribution in [1.29, 1.82) is 0 Å². The van der Waals surface area contributed by atoms with Gasteiger partial charge < -0.3 is 24.8 Å². The molecule has 0 saturated carbocycles. The molecule has 2 amide bonds. The Balaban J connectivity index is 1.54. The number of ether oxygens (including phenoxy) is 3. The molecule has 3 rings (SSSR count). The van der Waals surface area contributed by atoms with Crippen LogP contribution in [0.1, 0.15) is 28.8 Å². The van der Waals surface area contributed by atoms with Crippen molar-refractivity contribution >= 4 is 11.8 Å². The van der Waals surface area contributed by atoms with Crippen LogP contribution in [0.15, 0.2) is 48.5 Å². The molecule has 2 aromatic rings. The van der Waals surface area contributed by atoms with E-state index in [1.54, 1.807) is 18.2 Å². The molecular weight excluding hydrogens is 372 g/mol. The Morgan fingerprint density at radius 1 is 1.07 bits per heavy atom. The van der Waals surface area contributed by atoms with Gasteiger partial charge in [0.05, 0.1) is 19.8 Å². The largest absolute Gasteiger partial charge is 0.493 e. The van der Waals surface area contributed by atoms with E-state index in [-0.39, 0.29) is 18.6 Å². The number of carbonyl (C=O) groups excluding carboxylic acids is 2. The van der Waals surface area contributed by atoms with Gasteiger partial charge >= 0.3 is 0 Å². The second-order valence-electron chi connectivity index (χ2n) is 6.91. The van der Waals surface area contributed by atoms with Gasteiger partial charge in [0.25, 0.3) is 11.8 Å². The minimum Gasteiger partial charge on any atom is -0.493 e. The van der Waals surface area contributed by atoms with Crippen LogP contribution in [0.4, 0.5) is 0 Å². The summed E-state index contributed by atoms with van der Waals surface area (Å²) in [5.41, 5.74) is 6.76. The molecule has 0 aromatic heterocycles. The summed E-state index contributed by atoms with van der Waals surface area (Å²) in [6.07, 6.45) is 1.75. The number of carbonyl (C=O) groups is 2. The fourth-order valence-electron chi connectivity index (χ4n) is 3.27. The van der Waals surface area contributed by atoms with E-state index in [0.29, 0.717) is 36.8 Å². The van der Waals surface area contributed by atoms with Crippen LogP contribution in [0.25, 0.3) is 0 Å². The highest BCUT2D eigenvalue weighted by molar-refractivity contribution is 5.95. The normalized spacial score (nSPS) is 14.4. The highest BCUT2D eigenvalue weighted by Crippen LogP contribution is 2.29. The smallest absolute Gasteiger partial charge is 0.255 e. The Morgan fingerprint density at radius 2 is 1.79 bits per heavy atom. The highest BCUT2D eigenvalue weighted by atomic mass is 16.5. The molecule has 2 aromatic carbocycles. The summed E-state index contributed by atoms with van der Waals surface area (Å²) >= 11 is 0. The first kappa shape index (κ1) is 20.7. The maximum atomic E-state index is 12.8. The van der Waals surface area contributed by atoms with Gasteiger partial charge in [-0.3, -0.25) is 9.59 Å². The predicted molar refractivity (Wildman–Crippen MR) is 108 cm³/mol. The second-order valence-corrected chi connectivity index (χ2v) is 6.91. The summed E-state index contributed by atoms with van der Waals surface area (Å²) in [4.78, 5) is 25.6. The number of methoxy groups -OCH3 is 1. The van der Waals surface area contributed by atoms with Crippen LogP contribution in [-0.2, 0) is 16.1 Å². The third-order valence-electron chi connectivity index (χ3n) is 4.84. The summed E-state index contributed by atoms with van der Waals surface area (Å²) in [7, 11) is 1.48. The molecular formula is C22H26N2O5. The van der Waals surface area contributed by atoms with Crippen LogP contribution < -0.4 is 15.2 Å². The molecule has 0 atom stereocenters. The van der Waals surface area contributed by atoms with Crippen LogP contribution in [0.5, 0.6) is 11.5 Å². The molecule has 1 saturated heterocycles. The van der Waals surface area contributed by atoms with Crippen molar-refractivity contribution in [2.75, 3.05) is 26.8 Å². The first-order chi connectivity index (χ1) is 14.1. The van der Waals surface area contributed by atoms with Crippen molar-refractivity contribution in [3.8, 4) is 11.5 Å². The molecule has 0 spiro atoms. The average Bonchev–Trinajstić information content (AvgIpc) is 2.76.